The minimum absolute atomic E-state index is 0.0139. The van der Waals surface area contributed by atoms with Gasteiger partial charge in [-0.25, -0.2) is 4.79 Å². The Morgan fingerprint density at radius 3 is 2.59 bits per heavy atom. The number of carboxylic acid groups (broad SMARTS) is 1. The number of aryl methyl sites for hydroxylation is 1. The van der Waals surface area contributed by atoms with Crippen molar-refractivity contribution in [3.63, 3.8) is 0 Å². The van der Waals surface area contributed by atoms with E-state index < -0.39 is 17.0 Å². The number of pyridine rings is 1. The summed E-state index contributed by atoms with van der Waals surface area (Å²) in [6.07, 6.45) is 3.62. The summed E-state index contributed by atoms with van der Waals surface area (Å²) in [5.41, 5.74) is 1.10. The molecule has 0 spiro atoms. The number of nitrogens with one attached hydrogen (secondary N) is 2. The average molecular weight is 602 g/mol. The van der Waals surface area contributed by atoms with Gasteiger partial charge in [-0.05, 0) is 67.9 Å². The Morgan fingerprint density at radius 2 is 1.95 bits per heavy atom. The van der Waals surface area contributed by atoms with Gasteiger partial charge in [0.1, 0.15) is 5.39 Å². The number of likely N-dealkylation sites (tertiary alicyclic amines) is 2. The second-order valence-corrected chi connectivity index (χ2v) is 13.5. The first-order valence-corrected chi connectivity index (χ1v) is 15.2. The highest BCUT2D eigenvalue weighted by Gasteiger charge is 2.48. The van der Waals surface area contributed by atoms with Gasteiger partial charge in [0.25, 0.3) is 11.5 Å². The zero-order valence-corrected chi connectivity index (χ0v) is 25.6. The molecule has 3 aromatic rings. The normalized spacial score (nSPS) is 25.2. The predicted molar refractivity (Wildman–Crippen MR) is 164 cm³/mol. The van der Waals surface area contributed by atoms with Gasteiger partial charge in [0, 0.05) is 43.1 Å². The molecule has 0 saturated carbocycles. The molecule has 12 nitrogen and oxygen atoms in total. The number of carbonyl (C=O) groups excluding carboxylic acids is 1. The van der Waals surface area contributed by atoms with Crippen LogP contribution in [0.4, 0.5) is 16.3 Å². The summed E-state index contributed by atoms with van der Waals surface area (Å²) in [5, 5.41) is 28.5. The van der Waals surface area contributed by atoms with Gasteiger partial charge >= 0.3 is 6.09 Å². The fourth-order valence-corrected chi connectivity index (χ4v) is 7.23. The van der Waals surface area contributed by atoms with Gasteiger partial charge in [-0.3, -0.25) is 14.3 Å². The molecule has 1 aromatic carbocycles. The third-order valence-corrected chi connectivity index (χ3v) is 9.52. The molecule has 3 fully saturated rings. The number of amides is 2. The van der Waals surface area contributed by atoms with Crippen LogP contribution in [0.3, 0.4) is 0 Å². The van der Waals surface area contributed by atoms with E-state index in [-0.39, 0.29) is 42.7 Å². The van der Waals surface area contributed by atoms with E-state index in [0.29, 0.717) is 53.9 Å². The first-order chi connectivity index (χ1) is 20.9. The summed E-state index contributed by atoms with van der Waals surface area (Å²) in [5.74, 6) is 0.315. The van der Waals surface area contributed by atoms with Crippen LogP contribution in [0.5, 0.6) is 0 Å². The van der Waals surface area contributed by atoms with Gasteiger partial charge in [0.05, 0.1) is 35.8 Å². The number of H-pyrrole nitrogens is 1. The molecule has 0 aliphatic carbocycles. The number of aromatic nitrogens is 3. The maximum absolute atomic E-state index is 13.4. The SMILES string of the molecule is Cc1cc(Nc2nn(C3(CC#N)CCN(C(=O)O)C(C(C)(C)C)C3)c3cc[nH]c(=O)c23)ccc1C(=O)N1CC2CCC(C1)O2. The van der Waals surface area contributed by atoms with E-state index in [9.17, 15) is 24.8 Å². The second-order valence-electron chi connectivity index (χ2n) is 13.5. The number of morpholine rings is 1. The Labute approximate surface area is 255 Å². The summed E-state index contributed by atoms with van der Waals surface area (Å²) < 4.78 is 7.66. The molecular formula is C32H39N7O5. The van der Waals surface area contributed by atoms with E-state index in [1.54, 1.807) is 23.0 Å². The number of hydrogen-bond acceptors (Lipinski definition) is 7. The van der Waals surface area contributed by atoms with Crippen molar-refractivity contribution in [3.05, 3.63) is 51.9 Å². The summed E-state index contributed by atoms with van der Waals surface area (Å²) in [6, 6.07) is 9.20. The number of anilines is 2. The van der Waals surface area contributed by atoms with Crippen molar-refractivity contribution >= 4 is 34.4 Å². The molecule has 2 bridgehead atoms. The maximum Gasteiger partial charge on any atom is 0.407 e. The fraction of sp³-hybridized carbons (Fsp3) is 0.531. The number of nitriles is 1. The molecule has 5 heterocycles. The van der Waals surface area contributed by atoms with Crippen LogP contribution >= 0.6 is 0 Å². The Bertz CT molecular complexity index is 1700. The quantitative estimate of drug-likeness (QED) is 0.384. The number of rotatable bonds is 5. The zero-order valence-electron chi connectivity index (χ0n) is 25.6. The summed E-state index contributed by atoms with van der Waals surface area (Å²) in [7, 11) is 0. The van der Waals surface area contributed by atoms with Gasteiger partial charge in [0.2, 0.25) is 0 Å². The van der Waals surface area contributed by atoms with Crippen LogP contribution in [-0.4, -0.2) is 79.6 Å². The number of ether oxygens (including phenoxy) is 1. The van der Waals surface area contributed by atoms with E-state index in [0.717, 1.165) is 18.4 Å². The molecule has 2 amide bonds. The molecule has 2 aromatic heterocycles. The monoisotopic (exact) mass is 601 g/mol. The molecule has 0 radical (unpaired) electrons. The lowest BCUT2D eigenvalue weighted by Gasteiger charge is -2.49. The lowest BCUT2D eigenvalue weighted by Crippen LogP contribution is -2.57. The van der Waals surface area contributed by atoms with E-state index in [1.165, 1.54) is 4.90 Å². The highest BCUT2D eigenvalue weighted by molar-refractivity contribution is 5.97. The van der Waals surface area contributed by atoms with Gasteiger partial charge in [-0.15, -0.1) is 0 Å². The molecule has 3 aliphatic rings. The zero-order chi connectivity index (χ0) is 31.4. The molecular weight excluding hydrogens is 562 g/mol. The highest BCUT2D eigenvalue weighted by atomic mass is 16.5. The minimum Gasteiger partial charge on any atom is -0.465 e. The van der Waals surface area contributed by atoms with Crippen molar-refractivity contribution < 1.29 is 19.4 Å². The minimum atomic E-state index is -0.988. The molecule has 4 atom stereocenters. The third kappa shape index (κ3) is 5.19. The first-order valence-electron chi connectivity index (χ1n) is 15.2. The standard InChI is InChI=1S/C32H39N7O5/c1-19-15-20(5-8-23(19)29(41)37-17-21-6-7-22(18-37)44-21)35-27-26-24(9-13-34-28(26)40)39(36-27)32(10-12-33)11-14-38(30(42)43)25(16-32)31(2,3)4/h5,8-9,13,15,21-22,25H,6-7,10-11,14,16-18H2,1-4H3,(H,34,40)(H,35,36)(H,42,43). The lowest BCUT2D eigenvalue weighted by atomic mass is 9.72. The first kappa shape index (κ1) is 29.7. The number of aromatic amines is 1. The molecule has 3 N–H and O–H groups in total. The fourth-order valence-electron chi connectivity index (χ4n) is 7.23. The van der Waals surface area contributed by atoms with Gasteiger partial charge < -0.3 is 29.9 Å². The number of fused-ring (bicyclic) bond motifs is 3. The van der Waals surface area contributed by atoms with E-state index >= 15 is 0 Å². The van der Waals surface area contributed by atoms with Gasteiger partial charge in [-0.2, -0.15) is 10.4 Å². The number of benzene rings is 1. The summed E-state index contributed by atoms with van der Waals surface area (Å²) in [6.45, 7) is 9.32. The Balaban J connectivity index is 1.35. The van der Waals surface area contributed by atoms with Crippen LogP contribution in [0, 0.1) is 23.7 Å². The Hall–Kier alpha value is -4.37. The predicted octanol–water partition coefficient (Wildman–Crippen LogP) is 4.58. The third-order valence-electron chi connectivity index (χ3n) is 9.52. The highest BCUT2D eigenvalue weighted by Crippen LogP contribution is 2.44. The maximum atomic E-state index is 13.4. The van der Waals surface area contributed by atoms with Crippen molar-refractivity contribution in [2.45, 2.75) is 83.6 Å². The van der Waals surface area contributed by atoms with Crippen LogP contribution in [0.25, 0.3) is 10.9 Å². The largest absolute Gasteiger partial charge is 0.465 e. The van der Waals surface area contributed by atoms with Crippen molar-refractivity contribution in [3.8, 4) is 6.07 Å². The van der Waals surface area contributed by atoms with Crippen LogP contribution in [-0.2, 0) is 10.3 Å². The van der Waals surface area contributed by atoms with Crippen LogP contribution in [0.15, 0.2) is 35.3 Å². The number of piperidine rings is 1. The van der Waals surface area contributed by atoms with Crippen molar-refractivity contribution in [2.24, 2.45) is 5.41 Å². The van der Waals surface area contributed by atoms with Gasteiger partial charge in [-0.1, -0.05) is 20.8 Å². The van der Waals surface area contributed by atoms with Gasteiger partial charge in [0.15, 0.2) is 5.82 Å². The number of hydrogen-bond donors (Lipinski definition) is 3. The molecule has 12 heteroatoms. The lowest BCUT2D eigenvalue weighted by molar-refractivity contribution is -0.0303. The Kier molecular flexibility index (Phi) is 7.40. The smallest absolute Gasteiger partial charge is 0.407 e. The topological polar surface area (TPSA) is 157 Å². The number of nitrogens with zero attached hydrogens (tertiary/aromatic N) is 5. The van der Waals surface area contributed by atoms with Crippen LogP contribution in [0.2, 0.25) is 0 Å². The molecule has 232 valence electrons. The molecule has 3 saturated heterocycles. The van der Waals surface area contributed by atoms with Crippen molar-refractivity contribution in [1.29, 1.82) is 5.26 Å². The van der Waals surface area contributed by atoms with Crippen molar-refractivity contribution in [1.82, 2.24) is 24.6 Å². The molecule has 44 heavy (non-hydrogen) atoms. The van der Waals surface area contributed by atoms with E-state index in [4.69, 9.17) is 9.84 Å². The Morgan fingerprint density at radius 1 is 1.23 bits per heavy atom. The molecule has 6 rings (SSSR count). The van der Waals surface area contributed by atoms with E-state index in [2.05, 4.69) is 16.4 Å². The molecule has 3 aliphatic heterocycles. The summed E-state index contributed by atoms with van der Waals surface area (Å²) in [4.78, 5) is 44.8. The molecule has 4 unspecified atom stereocenters. The summed E-state index contributed by atoms with van der Waals surface area (Å²) >= 11 is 0. The average Bonchev–Trinajstić information content (AvgIpc) is 3.52. The van der Waals surface area contributed by atoms with Crippen LogP contribution in [0.1, 0.15) is 68.8 Å². The van der Waals surface area contributed by atoms with Crippen molar-refractivity contribution in [2.75, 3.05) is 25.0 Å². The van der Waals surface area contributed by atoms with Crippen LogP contribution < -0.4 is 10.9 Å². The van der Waals surface area contributed by atoms with E-state index in [1.807, 2.05) is 44.7 Å². The second kappa shape index (κ2) is 11.0. The number of carbonyl (C=O) groups is 2.